The number of rotatable bonds is 2. The Morgan fingerprint density at radius 2 is 1.65 bits per heavy atom. The predicted molar refractivity (Wildman–Crippen MR) is 79.9 cm³/mol. The van der Waals surface area contributed by atoms with Gasteiger partial charge in [-0.15, -0.1) is 0 Å². The minimum atomic E-state index is 0.510. The second-order valence-corrected chi connectivity index (χ2v) is 5.02. The zero-order chi connectivity index (χ0) is 14.9. The van der Waals surface area contributed by atoms with E-state index in [1.807, 2.05) is 0 Å². The Balaban J connectivity index is 2.73. The van der Waals surface area contributed by atoms with Crippen molar-refractivity contribution < 1.29 is 4.74 Å². The Morgan fingerprint density at radius 1 is 1.05 bits per heavy atom. The minimum absolute atomic E-state index is 0.510. The molecule has 1 aromatic carbocycles. The molecule has 0 N–H and O–H groups in total. The highest BCUT2D eigenvalue weighted by molar-refractivity contribution is 5.72. The lowest BCUT2D eigenvalue weighted by Crippen LogP contribution is -1.98. The summed E-state index contributed by atoms with van der Waals surface area (Å²) in [7, 11) is 1.55. The van der Waals surface area contributed by atoms with E-state index in [0.717, 1.165) is 11.3 Å². The maximum absolute atomic E-state index is 9.21. The molecule has 0 bridgehead atoms. The van der Waals surface area contributed by atoms with Crippen LogP contribution < -0.4 is 4.74 Å². The molecule has 0 aliphatic heterocycles. The first kappa shape index (κ1) is 14.1. The highest BCUT2D eigenvalue weighted by Crippen LogP contribution is 2.32. The predicted octanol–water partition coefficient (Wildman–Crippen LogP) is 3.86. The van der Waals surface area contributed by atoms with Gasteiger partial charge in [0, 0.05) is 5.56 Å². The van der Waals surface area contributed by atoms with Gasteiger partial charge in [-0.1, -0.05) is 6.07 Å². The van der Waals surface area contributed by atoms with E-state index in [4.69, 9.17) is 4.74 Å². The van der Waals surface area contributed by atoms with E-state index >= 15 is 0 Å². The lowest BCUT2D eigenvalue weighted by molar-refractivity contribution is 0.411. The Bertz CT molecular complexity index is 686. The SMILES string of the molecule is COc1cnc(-c2c(C)c(C)cc(C)c2C)cc1C#N. The van der Waals surface area contributed by atoms with E-state index in [0.29, 0.717) is 11.3 Å². The van der Waals surface area contributed by atoms with Crippen molar-refractivity contribution in [2.45, 2.75) is 27.7 Å². The molecule has 0 aliphatic rings. The smallest absolute Gasteiger partial charge is 0.154 e. The standard InChI is InChI=1S/C17H18N2O/c1-10-6-11(2)13(4)17(12(10)3)15-7-14(8-18)16(20-5)9-19-15/h6-7,9H,1-5H3. The third-order valence-electron chi connectivity index (χ3n) is 3.83. The molecular formula is C17H18N2O. The number of hydrogen-bond acceptors (Lipinski definition) is 3. The van der Waals surface area contributed by atoms with Crippen LogP contribution in [0.2, 0.25) is 0 Å². The number of ether oxygens (including phenoxy) is 1. The molecule has 0 radical (unpaired) electrons. The van der Waals surface area contributed by atoms with Crippen molar-refractivity contribution in [3.63, 3.8) is 0 Å². The van der Waals surface area contributed by atoms with Gasteiger partial charge < -0.3 is 4.74 Å². The first-order valence-corrected chi connectivity index (χ1v) is 6.51. The molecule has 1 heterocycles. The van der Waals surface area contributed by atoms with Gasteiger partial charge in [0.15, 0.2) is 5.75 Å². The van der Waals surface area contributed by atoms with Gasteiger partial charge in [0.25, 0.3) is 0 Å². The molecule has 2 aromatic rings. The maximum atomic E-state index is 9.21. The van der Waals surface area contributed by atoms with E-state index in [9.17, 15) is 5.26 Å². The zero-order valence-corrected chi connectivity index (χ0v) is 12.5. The molecule has 0 fully saturated rings. The molecule has 0 saturated carbocycles. The third kappa shape index (κ3) is 2.25. The average Bonchev–Trinajstić information content (AvgIpc) is 2.45. The van der Waals surface area contributed by atoms with Crippen LogP contribution in [-0.2, 0) is 0 Å². The fourth-order valence-corrected chi connectivity index (χ4v) is 2.43. The third-order valence-corrected chi connectivity index (χ3v) is 3.83. The summed E-state index contributed by atoms with van der Waals surface area (Å²) >= 11 is 0. The monoisotopic (exact) mass is 266 g/mol. The quantitative estimate of drug-likeness (QED) is 0.829. The summed E-state index contributed by atoms with van der Waals surface area (Å²) in [6.07, 6.45) is 1.62. The van der Waals surface area contributed by atoms with Crippen molar-refractivity contribution >= 4 is 0 Å². The van der Waals surface area contributed by atoms with Crippen molar-refractivity contribution in [1.29, 1.82) is 5.26 Å². The van der Waals surface area contributed by atoms with E-state index in [-0.39, 0.29) is 0 Å². The summed E-state index contributed by atoms with van der Waals surface area (Å²) < 4.78 is 5.15. The fourth-order valence-electron chi connectivity index (χ4n) is 2.43. The van der Waals surface area contributed by atoms with Gasteiger partial charge in [-0.25, -0.2) is 0 Å². The van der Waals surface area contributed by atoms with Crippen molar-refractivity contribution in [2.24, 2.45) is 0 Å². The van der Waals surface area contributed by atoms with Crippen molar-refractivity contribution in [2.75, 3.05) is 7.11 Å². The summed E-state index contributed by atoms with van der Waals surface area (Å²) in [4.78, 5) is 4.46. The Labute approximate surface area is 119 Å². The van der Waals surface area contributed by atoms with Crippen LogP contribution in [-0.4, -0.2) is 12.1 Å². The van der Waals surface area contributed by atoms with Gasteiger partial charge in [-0.2, -0.15) is 5.26 Å². The van der Waals surface area contributed by atoms with Crippen LogP contribution in [0.1, 0.15) is 27.8 Å². The molecule has 0 amide bonds. The molecule has 3 nitrogen and oxygen atoms in total. The largest absolute Gasteiger partial charge is 0.494 e. The van der Waals surface area contributed by atoms with Crippen LogP contribution in [0, 0.1) is 39.0 Å². The molecule has 0 aliphatic carbocycles. The molecule has 0 unspecified atom stereocenters. The average molecular weight is 266 g/mol. The molecule has 2 rings (SSSR count). The highest BCUT2D eigenvalue weighted by atomic mass is 16.5. The summed E-state index contributed by atoms with van der Waals surface area (Å²) in [5, 5.41) is 9.21. The van der Waals surface area contributed by atoms with Gasteiger partial charge in [-0.05, 0) is 56.0 Å². The molecular weight excluding hydrogens is 248 g/mol. The van der Waals surface area contributed by atoms with Gasteiger partial charge in [0.1, 0.15) is 6.07 Å². The molecule has 20 heavy (non-hydrogen) atoms. The summed E-state index contributed by atoms with van der Waals surface area (Å²) in [5.41, 5.74) is 7.32. The summed E-state index contributed by atoms with van der Waals surface area (Å²) in [6.45, 7) is 8.38. The summed E-state index contributed by atoms with van der Waals surface area (Å²) in [6, 6.07) is 6.14. The van der Waals surface area contributed by atoms with E-state index in [2.05, 4.69) is 44.8 Å². The molecule has 0 atom stereocenters. The normalized spacial score (nSPS) is 10.2. The number of aryl methyl sites for hydroxylation is 2. The topological polar surface area (TPSA) is 45.9 Å². The lowest BCUT2D eigenvalue weighted by Gasteiger charge is -2.15. The number of aromatic nitrogens is 1. The number of methoxy groups -OCH3 is 1. The van der Waals surface area contributed by atoms with Crippen LogP contribution in [0.3, 0.4) is 0 Å². The van der Waals surface area contributed by atoms with Crippen LogP contribution >= 0.6 is 0 Å². The zero-order valence-electron chi connectivity index (χ0n) is 12.5. The van der Waals surface area contributed by atoms with Gasteiger partial charge in [0.2, 0.25) is 0 Å². The van der Waals surface area contributed by atoms with Crippen molar-refractivity contribution in [3.05, 3.63) is 46.1 Å². The van der Waals surface area contributed by atoms with Crippen molar-refractivity contribution in [3.8, 4) is 23.1 Å². The van der Waals surface area contributed by atoms with Gasteiger partial charge in [-0.3, -0.25) is 4.98 Å². The molecule has 0 spiro atoms. The van der Waals surface area contributed by atoms with Crippen LogP contribution in [0.4, 0.5) is 0 Å². The molecule has 3 heteroatoms. The van der Waals surface area contributed by atoms with Crippen LogP contribution in [0.25, 0.3) is 11.3 Å². The molecule has 0 saturated heterocycles. The Hall–Kier alpha value is -2.34. The number of hydrogen-bond donors (Lipinski definition) is 0. The fraction of sp³-hybridized carbons (Fsp3) is 0.294. The second-order valence-electron chi connectivity index (χ2n) is 5.02. The molecule has 1 aromatic heterocycles. The van der Waals surface area contributed by atoms with E-state index < -0.39 is 0 Å². The Kier molecular flexibility index (Phi) is 3.76. The number of nitrogens with zero attached hydrogens (tertiary/aromatic N) is 2. The summed E-state index contributed by atoms with van der Waals surface area (Å²) in [5.74, 6) is 0.510. The van der Waals surface area contributed by atoms with Gasteiger partial charge in [0.05, 0.1) is 24.6 Å². The number of benzene rings is 1. The van der Waals surface area contributed by atoms with Crippen molar-refractivity contribution in [1.82, 2.24) is 4.98 Å². The van der Waals surface area contributed by atoms with E-state index in [1.165, 1.54) is 22.3 Å². The van der Waals surface area contributed by atoms with Crippen LogP contribution in [0.15, 0.2) is 18.3 Å². The first-order chi connectivity index (χ1) is 9.49. The maximum Gasteiger partial charge on any atom is 0.154 e. The van der Waals surface area contributed by atoms with Crippen LogP contribution in [0.5, 0.6) is 5.75 Å². The van der Waals surface area contributed by atoms with E-state index in [1.54, 1.807) is 19.4 Å². The number of nitriles is 1. The minimum Gasteiger partial charge on any atom is -0.494 e. The first-order valence-electron chi connectivity index (χ1n) is 6.51. The second kappa shape index (κ2) is 5.34. The molecule has 102 valence electrons. The highest BCUT2D eigenvalue weighted by Gasteiger charge is 2.14. The lowest BCUT2D eigenvalue weighted by atomic mass is 9.91. The van der Waals surface area contributed by atoms with Gasteiger partial charge >= 0.3 is 0 Å². The number of pyridine rings is 1. The Morgan fingerprint density at radius 3 is 2.15 bits per heavy atom.